The summed E-state index contributed by atoms with van der Waals surface area (Å²) in [7, 11) is 0. The van der Waals surface area contributed by atoms with Crippen molar-refractivity contribution in [2.45, 2.75) is 25.1 Å². The minimum Gasteiger partial charge on any atom is -0.314 e. The van der Waals surface area contributed by atoms with Crippen molar-refractivity contribution in [2.24, 2.45) is 0 Å². The third kappa shape index (κ3) is 4.30. The highest BCUT2D eigenvalue weighted by atomic mass is 19.4. The van der Waals surface area contributed by atoms with Crippen LogP contribution in [0.5, 0.6) is 0 Å². The lowest BCUT2D eigenvalue weighted by Gasteiger charge is -2.35. The van der Waals surface area contributed by atoms with Crippen molar-refractivity contribution in [3.63, 3.8) is 0 Å². The van der Waals surface area contributed by atoms with Gasteiger partial charge in [-0.15, -0.1) is 6.58 Å². The minimum absolute atomic E-state index is 0.225. The van der Waals surface area contributed by atoms with Gasteiger partial charge in [0.2, 0.25) is 0 Å². The van der Waals surface area contributed by atoms with Crippen LogP contribution in [0.25, 0.3) is 0 Å². The van der Waals surface area contributed by atoms with E-state index < -0.39 is 17.6 Å². The van der Waals surface area contributed by atoms with Crippen LogP contribution in [0.1, 0.15) is 30.0 Å². The van der Waals surface area contributed by atoms with Gasteiger partial charge in [0.25, 0.3) is 0 Å². The Balaban J connectivity index is 2.33. The van der Waals surface area contributed by atoms with E-state index in [1.807, 2.05) is 0 Å². The molecule has 0 saturated carbocycles. The first-order chi connectivity index (χ1) is 10.4. The molecule has 2 nitrogen and oxygen atoms in total. The van der Waals surface area contributed by atoms with Gasteiger partial charge >= 0.3 is 6.18 Å². The molecule has 2 rings (SSSR count). The number of rotatable bonds is 5. The van der Waals surface area contributed by atoms with Crippen LogP contribution in [0.2, 0.25) is 0 Å². The van der Waals surface area contributed by atoms with E-state index in [0.717, 1.165) is 32.2 Å². The van der Waals surface area contributed by atoms with Crippen molar-refractivity contribution in [1.29, 1.82) is 0 Å². The molecule has 0 spiro atoms. The monoisotopic (exact) mass is 316 g/mol. The zero-order chi connectivity index (χ0) is 16.2. The van der Waals surface area contributed by atoms with E-state index in [1.165, 1.54) is 6.07 Å². The lowest BCUT2D eigenvalue weighted by atomic mass is 9.97. The number of alkyl halides is 3. The Morgan fingerprint density at radius 3 is 2.50 bits per heavy atom. The summed E-state index contributed by atoms with van der Waals surface area (Å²) in [5, 5.41) is 3.21. The van der Waals surface area contributed by atoms with E-state index >= 15 is 0 Å². The molecule has 0 aromatic heterocycles. The lowest BCUT2D eigenvalue weighted by Crippen LogP contribution is -2.45. The maximum atomic E-state index is 13.7. The number of nitrogens with one attached hydrogen (secondary N) is 1. The van der Waals surface area contributed by atoms with E-state index in [2.05, 4.69) is 16.8 Å². The van der Waals surface area contributed by atoms with Gasteiger partial charge in [0.15, 0.2) is 0 Å². The van der Waals surface area contributed by atoms with Crippen LogP contribution in [0.3, 0.4) is 0 Å². The molecule has 0 unspecified atom stereocenters. The van der Waals surface area contributed by atoms with E-state index in [9.17, 15) is 17.6 Å². The molecule has 1 fully saturated rings. The molecule has 0 bridgehead atoms. The number of nitrogens with zero attached hydrogens (tertiary/aromatic N) is 1. The Hall–Kier alpha value is -1.40. The molecule has 1 heterocycles. The lowest BCUT2D eigenvalue weighted by molar-refractivity contribution is -0.137. The number of allylic oxidation sites excluding steroid dienone is 1. The number of hydrogen-bond acceptors (Lipinski definition) is 2. The Kier molecular flexibility index (Phi) is 5.58. The molecule has 6 heteroatoms. The van der Waals surface area contributed by atoms with Crippen LogP contribution < -0.4 is 5.32 Å². The van der Waals surface area contributed by atoms with Crippen LogP contribution in [0, 0.1) is 5.82 Å². The van der Waals surface area contributed by atoms with E-state index in [4.69, 9.17) is 0 Å². The zero-order valence-corrected chi connectivity index (χ0v) is 12.3. The van der Waals surface area contributed by atoms with Crippen LogP contribution in [0.4, 0.5) is 17.6 Å². The average molecular weight is 316 g/mol. The molecule has 1 aliphatic rings. The van der Waals surface area contributed by atoms with Gasteiger partial charge in [0.05, 0.1) is 5.56 Å². The van der Waals surface area contributed by atoms with Crippen molar-refractivity contribution in [3.05, 3.63) is 47.8 Å². The van der Waals surface area contributed by atoms with Crippen molar-refractivity contribution < 1.29 is 17.6 Å². The molecule has 122 valence electrons. The molecule has 1 saturated heterocycles. The predicted octanol–water partition coefficient (Wildman–Crippen LogP) is 3.76. The normalized spacial score (nSPS) is 18.2. The van der Waals surface area contributed by atoms with Gasteiger partial charge in [-0.1, -0.05) is 6.08 Å². The second-order valence-electron chi connectivity index (χ2n) is 5.44. The van der Waals surface area contributed by atoms with Crippen molar-refractivity contribution >= 4 is 0 Å². The van der Waals surface area contributed by atoms with Crippen molar-refractivity contribution in [1.82, 2.24) is 10.2 Å². The second-order valence-corrected chi connectivity index (χ2v) is 5.44. The fourth-order valence-electron chi connectivity index (χ4n) is 2.80. The van der Waals surface area contributed by atoms with Gasteiger partial charge in [-0.2, -0.15) is 13.2 Å². The topological polar surface area (TPSA) is 15.3 Å². The van der Waals surface area contributed by atoms with Crippen LogP contribution in [-0.4, -0.2) is 31.1 Å². The highest BCUT2D eigenvalue weighted by Crippen LogP contribution is 2.34. The first-order valence-corrected chi connectivity index (χ1v) is 7.35. The first kappa shape index (κ1) is 17.0. The third-order valence-electron chi connectivity index (χ3n) is 3.87. The van der Waals surface area contributed by atoms with Gasteiger partial charge in [-0.3, -0.25) is 4.90 Å². The average Bonchev–Trinajstić information content (AvgIpc) is 2.47. The van der Waals surface area contributed by atoms with Crippen LogP contribution in [-0.2, 0) is 6.18 Å². The number of halogens is 4. The summed E-state index contributed by atoms with van der Waals surface area (Å²) in [4.78, 5) is 2.11. The molecule has 1 aromatic rings. The zero-order valence-electron chi connectivity index (χ0n) is 12.3. The predicted molar refractivity (Wildman–Crippen MR) is 78.0 cm³/mol. The molecule has 1 N–H and O–H groups in total. The largest absolute Gasteiger partial charge is 0.416 e. The Morgan fingerprint density at radius 1 is 1.23 bits per heavy atom. The summed E-state index contributed by atoms with van der Waals surface area (Å²) in [5.74, 6) is -0.844. The van der Waals surface area contributed by atoms with Gasteiger partial charge in [0.1, 0.15) is 5.82 Å². The molecule has 1 atom stereocenters. The van der Waals surface area contributed by atoms with Crippen LogP contribution in [0.15, 0.2) is 30.9 Å². The van der Waals surface area contributed by atoms with Crippen LogP contribution >= 0.6 is 0 Å². The summed E-state index contributed by atoms with van der Waals surface area (Å²) in [6.07, 6.45) is -1.50. The summed E-state index contributed by atoms with van der Waals surface area (Å²) in [6.45, 7) is 6.70. The van der Waals surface area contributed by atoms with Gasteiger partial charge in [0, 0.05) is 32.2 Å². The highest BCUT2D eigenvalue weighted by molar-refractivity contribution is 5.29. The summed E-state index contributed by atoms with van der Waals surface area (Å²) >= 11 is 0. The number of hydrogen-bond donors (Lipinski definition) is 1. The second kappa shape index (κ2) is 7.24. The molecule has 1 aliphatic heterocycles. The third-order valence-corrected chi connectivity index (χ3v) is 3.87. The molecule has 1 aromatic carbocycles. The van der Waals surface area contributed by atoms with Gasteiger partial charge in [-0.25, -0.2) is 4.39 Å². The van der Waals surface area contributed by atoms with E-state index in [-0.39, 0.29) is 6.04 Å². The minimum atomic E-state index is -4.54. The van der Waals surface area contributed by atoms with Gasteiger partial charge < -0.3 is 5.32 Å². The first-order valence-electron chi connectivity index (χ1n) is 7.35. The fourth-order valence-corrected chi connectivity index (χ4v) is 2.80. The van der Waals surface area contributed by atoms with Crippen molar-refractivity contribution in [2.75, 3.05) is 26.2 Å². The molecule has 0 amide bonds. The van der Waals surface area contributed by atoms with Gasteiger partial charge in [-0.05, 0) is 36.6 Å². The summed E-state index contributed by atoms with van der Waals surface area (Å²) < 4.78 is 52.4. The quantitative estimate of drug-likeness (QED) is 0.657. The standard InChI is InChI=1S/C16H20F4N2/c1-2-3-4-15(22-7-5-21-6-8-22)12-9-13(16(18,19)20)11-14(17)10-12/h2,9-11,15,21H,1,3-8H2/t15-/m0/s1. The maximum Gasteiger partial charge on any atom is 0.416 e. The number of piperazine rings is 1. The molecule has 0 aliphatic carbocycles. The summed E-state index contributed by atoms with van der Waals surface area (Å²) in [6, 6.07) is 2.60. The smallest absolute Gasteiger partial charge is 0.314 e. The van der Waals surface area contributed by atoms with E-state index in [1.54, 1.807) is 6.08 Å². The maximum absolute atomic E-state index is 13.7. The van der Waals surface area contributed by atoms with E-state index in [0.29, 0.717) is 24.5 Å². The Morgan fingerprint density at radius 2 is 1.91 bits per heavy atom. The molecular formula is C16H20F4N2. The Bertz CT molecular complexity index is 507. The highest BCUT2D eigenvalue weighted by Gasteiger charge is 2.32. The van der Waals surface area contributed by atoms with Crippen molar-refractivity contribution in [3.8, 4) is 0 Å². The fraction of sp³-hybridized carbons (Fsp3) is 0.500. The Labute approximate surface area is 127 Å². The summed E-state index contributed by atoms with van der Waals surface area (Å²) in [5.41, 5.74) is -0.544. The molecule has 22 heavy (non-hydrogen) atoms. The molecule has 0 radical (unpaired) electrons. The SMILES string of the molecule is C=CCC[C@@H](c1cc(F)cc(C(F)(F)F)c1)N1CCNCC1. The molecular weight excluding hydrogens is 296 g/mol. The number of benzene rings is 1.